The van der Waals surface area contributed by atoms with Gasteiger partial charge in [-0.3, -0.25) is 4.79 Å². The number of fused-ring (bicyclic) bond motifs is 1. The number of benzene rings is 3. The molecular formula is C24H22N2O2S. The summed E-state index contributed by atoms with van der Waals surface area (Å²) in [5, 5.41) is 3.85. The summed E-state index contributed by atoms with van der Waals surface area (Å²) in [6.07, 6.45) is 0. The first kappa shape index (κ1) is 19.2. The number of carbonyl (C=O) groups is 1. The van der Waals surface area contributed by atoms with E-state index in [0.29, 0.717) is 0 Å². The molecule has 0 saturated heterocycles. The van der Waals surface area contributed by atoms with Crippen molar-refractivity contribution in [3.63, 3.8) is 0 Å². The third-order valence-corrected chi connectivity index (χ3v) is 5.72. The van der Waals surface area contributed by atoms with Gasteiger partial charge in [-0.1, -0.05) is 23.8 Å². The van der Waals surface area contributed by atoms with E-state index in [1.165, 1.54) is 15.8 Å². The van der Waals surface area contributed by atoms with Crippen molar-refractivity contribution in [2.75, 3.05) is 11.9 Å². The molecule has 1 aromatic heterocycles. The Bertz CT molecular complexity index is 1180. The standard InChI is InChI=1S/C24H22N2O2S/c1-15-5-11-21(17(3)12-15)28-14-23(27)25-19-8-6-18(7-9-19)24-26-20-10-4-16(2)13-22(20)29-24/h4-13H,14H2,1-3H3,(H,25,27). The normalized spacial score (nSPS) is 10.9. The number of aromatic nitrogens is 1. The molecule has 0 radical (unpaired) electrons. The second-order valence-electron chi connectivity index (χ2n) is 7.17. The topological polar surface area (TPSA) is 51.2 Å². The van der Waals surface area contributed by atoms with E-state index >= 15 is 0 Å². The van der Waals surface area contributed by atoms with Gasteiger partial charge in [-0.2, -0.15) is 0 Å². The number of rotatable bonds is 5. The number of nitrogens with one attached hydrogen (secondary N) is 1. The van der Waals surface area contributed by atoms with E-state index in [2.05, 4.69) is 30.4 Å². The summed E-state index contributed by atoms with van der Waals surface area (Å²) in [6.45, 7) is 6.06. The summed E-state index contributed by atoms with van der Waals surface area (Å²) in [4.78, 5) is 16.9. The van der Waals surface area contributed by atoms with Gasteiger partial charge >= 0.3 is 0 Å². The maximum absolute atomic E-state index is 12.2. The summed E-state index contributed by atoms with van der Waals surface area (Å²) in [5.74, 6) is 0.542. The van der Waals surface area contributed by atoms with Gasteiger partial charge in [0.15, 0.2) is 6.61 Å². The molecule has 4 aromatic rings. The predicted molar refractivity (Wildman–Crippen MR) is 120 cm³/mol. The lowest BCUT2D eigenvalue weighted by Gasteiger charge is -2.10. The first-order valence-electron chi connectivity index (χ1n) is 9.45. The highest BCUT2D eigenvalue weighted by Gasteiger charge is 2.09. The van der Waals surface area contributed by atoms with Gasteiger partial charge in [-0.05, 0) is 74.4 Å². The molecule has 4 rings (SSSR count). The van der Waals surface area contributed by atoms with E-state index in [1.54, 1.807) is 11.3 Å². The molecule has 0 aliphatic rings. The number of anilines is 1. The molecular weight excluding hydrogens is 380 g/mol. The van der Waals surface area contributed by atoms with Crippen LogP contribution >= 0.6 is 11.3 Å². The molecule has 0 unspecified atom stereocenters. The summed E-state index contributed by atoms with van der Waals surface area (Å²) in [5.41, 5.74) is 6.20. The maximum atomic E-state index is 12.2. The van der Waals surface area contributed by atoms with Gasteiger partial charge in [0.25, 0.3) is 5.91 Å². The molecule has 0 saturated carbocycles. The number of thiazole rings is 1. The van der Waals surface area contributed by atoms with Crippen LogP contribution in [0.3, 0.4) is 0 Å². The third-order valence-electron chi connectivity index (χ3n) is 4.65. The summed E-state index contributed by atoms with van der Waals surface area (Å²) in [7, 11) is 0. The zero-order valence-corrected chi connectivity index (χ0v) is 17.5. The number of hydrogen-bond acceptors (Lipinski definition) is 4. The molecule has 0 spiro atoms. The van der Waals surface area contributed by atoms with E-state index in [0.717, 1.165) is 33.1 Å². The molecule has 146 valence electrons. The molecule has 0 aliphatic heterocycles. The van der Waals surface area contributed by atoms with Crippen molar-refractivity contribution in [2.24, 2.45) is 0 Å². The lowest BCUT2D eigenvalue weighted by Crippen LogP contribution is -2.20. The monoisotopic (exact) mass is 402 g/mol. The number of carbonyl (C=O) groups excluding carboxylic acids is 1. The highest BCUT2D eigenvalue weighted by Crippen LogP contribution is 2.31. The van der Waals surface area contributed by atoms with E-state index in [-0.39, 0.29) is 12.5 Å². The van der Waals surface area contributed by atoms with Gasteiger partial charge in [0.2, 0.25) is 0 Å². The number of ether oxygens (including phenoxy) is 1. The fourth-order valence-electron chi connectivity index (χ4n) is 3.15. The van der Waals surface area contributed by atoms with Gasteiger partial charge < -0.3 is 10.1 Å². The quantitative estimate of drug-likeness (QED) is 0.452. The number of nitrogens with zero attached hydrogens (tertiary/aromatic N) is 1. The summed E-state index contributed by atoms with van der Waals surface area (Å²) in [6, 6.07) is 19.9. The van der Waals surface area contributed by atoms with Crippen LogP contribution in [0.2, 0.25) is 0 Å². The minimum absolute atomic E-state index is 0.0249. The average Bonchev–Trinajstić information content (AvgIpc) is 3.11. The maximum Gasteiger partial charge on any atom is 0.262 e. The largest absolute Gasteiger partial charge is 0.483 e. The van der Waals surface area contributed by atoms with Crippen LogP contribution in [0.15, 0.2) is 60.7 Å². The van der Waals surface area contributed by atoms with Crippen molar-refractivity contribution in [3.8, 4) is 16.3 Å². The van der Waals surface area contributed by atoms with Crippen molar-refractivity contribution in [2.45, 2.75) is 20.8 Å². The Hall–Kier alpha value is -3.18. The Morgan fingerprint density at radius 2 is 1.69 bits per heavy atom. The molecule has 1 heterocycles. The Kier molecular flexibility index (Phi) is 5.32. The summed E-state index contributed by atoms with van der Waals surface area (Å²) >= 11 is 1.67. The highest BCUT2D eigenvalue weighted by molar-refractivity contribution is 7.21. The van der Waals surface area contributed by atoms with Crippen LogP contribution in [0.1, 0.15) is 16.7 Å². The van der Waals surface area contributed by atoms with E-state index in [1.807, 2.05) is 56.3 Å². The summed E-state index contributed by atoms with van der Waals surface area (Å²) < 4.78 is 6.82. The molecule has 4 nitrogen and oxygen atoms in total. The fraction of sp³-hybridized carbons (Fsp3) is 0.167. The van der Waals surface area contributed by atoms with Crippen LogP contribution in [-0.4, -0.2) is 17.5 Å². The van der Waals surface area contributed by atoms with E-state index in [4.69, 9.17) is 9.72 Å². The molecule has 5 heteroatoms. The molecule has 0 fully saturated rings. The van der Waals surface area contributed by atoms with Crippen molar-refractivity contribution in [3.05, 3.63) is 77.4 Å². The Morgan fingerprint density at radius 1 is 0.966 bits per heavy atom. The minimum atomic E-state index is -0.187. The van der Waals surface area contributed by atoms with Gasteiger partial charge in [0.1, 0.15) is 10.8 Å². The highest BCUT2D eigenvalue weighted by atomic mass is 32.1. The van der Waals surface area contributed by atoms with Crippen LogP contribution in [-0.2, 0) is 4.79 Å². The first-order chi connectivity index (χ1) is 14.0. The SMILES string of the molecule is Cc1ccc(OCC(=O)Nc2ccc(-c3nc4ccc(C)cc4s3)cc2)c(C)c1. The van der Waals surface area contributed by atoms with Crippen molar-refractivity contribution in [1.82, 2.24) is 4.98 Å². The van der Waals surface area contributed by atoms with Gasteiger partial charge in [0.05, 0.1) is 10.2 Å². The Morgan fingerprint density at radius 3 is 2.45 bits per heavy atom. The average molecular weight is 403 g/mol. The lowest BCUT2D eigenvalue weighted by molar-refractivity contribution is -0.118. The molecule has 0 atom stereocenters. The van der Waals surface area contributed by atoms with E-state index in [9.17, 15) is 4.79 Å². The molecule has 1 amide bonds. The second-order valence-corrected chi connectivity index (χ2v) is 8.20. The Balaban J connectivity index is 1.40. The minimum Gasteiger partial charge on any atom is -0.483 e. The van der Waals surface area contributed by atoms with Gasteiger partial charge in [-0.15, -0.1) is 11.3 Å². The Labute approximate surface area is 174 Å². The second kappa shape index (κ2) is 8.05. The fourth-order valence-corrected chi connectivity index (χ4v) is 4.22. The molecule has 3 aromatic carbocycles. The zero-order valence-electron chi connectivity index (χ0n) is 16.7. The third kappa shape index (κ3) is 4.46. The van der Waals surface area contributed by atoms with Crippen LogP contribution < -0.4 is 10.1 Å². The molecule has 1 N–H and O–H groups in total. The van der Waals surface area contributed by atoms with Crippen molar-refractivity contribution < 1.29 is 9.53 Å². The van der Waals surface area contributed by atoms with Crippen LogP contribution in [0.4, 0.5) is 5.69 Å². The zero-order chi connectivity index (χ0) is 20.4. The van der Waals surface area contributed by atoms with Gasteiger partial charge in [-0.25, -0.2) is 4.98 Å². The molecule has 0 bridgehead atoms. The van der Waals surface area contributed by atoms with Crippen LogP contribution in [0.5, 0.6) is 5.75 Å². The van der Waals surface area contributed by atoms with Crippen molar-refractivity contribution in [1.29, 1.82) is 0 Å². The number of hydrogen-bond donors (Lipinski definition) is 1. The van der Waals surface area contributed by atoms with Crippen LogP contribution in [0.25, 0.3) is 20.8 Å². The number of amides is 1. The number of aryl methyl sites for hydroxylation is 3. The lowest BCUT2D eigenvalue weighted by atomic mass is 10.1. The van der Waals surface area contributed by atoms with Crippen molar-refractivity contribution >= 4 is 33.1 Å². The van der Waals surface area contributed by atoms with Gasteiger partial charge in [0, 0.05) is 11.3 Å². The first-order valence-corrected chi connectivity index (χ1v) is 10.3. The molecule has 0 aliphatic carbocycles. The smallest absolute Gasteiger partial charge is 0.262 e. The van der Waals surface area contributed by atoms with E-state index < -0.39 is 0 Å². The molecule has 29 heavy (non-hydrogen) atoms. The predicted octanol–water partition coefficient (Wildman–Crippen LogP) is 5.91. The van der Waals surface area contributed by atoms with Crippen LogP contribution in [0, 0.1) is 20.8 Å².